The van der Waals surface area contributed by atoms with E-state index in [4.69, 9.17) is 0 Å². The number of imidazole rings is 1. The molecule has 2 aliphatic heterocycles. The molecule has 2 atom stereocenters. The van der Waals surface area contributed by atoms with E-state index in [9.17, 15) is 9.90 Å². The number of nitrogens with zero attached hydrogens (tertiary/aromatic N) is 2. The van der Waals surface area contributed by atoms with Crippen LogP contribution in [0.25, 0.3) is 0 Å². The minimum atomic E-state index is -0.718. The van der Waals surface area contributed by atoms with E-state index in [2.05, 4.69) is 14.9 Å². The van der Waals surface area contributed by atoms with E-state index < -0.39 is 5.97 Å². The SMILES string of the molecule is O=C(O)C1CCCn2c1cnc2C1CCCNC1. The lowest BCUT2D eigenvalue weighted by Gasteiger charge is -2.27. The second kappa shape index (κ2) is 4.72. The van der Waals surface area contributed by atoms with Crippen LogP contribution in [0.4, 0.5) is 0 Å². The highest BCUT2D eigenvalue weighted by atomic mass is 16.4. The Kier molecular flexibility index (Phi) is 3.07. The van der Waals surface area contributed by atoms with Crippen molar-refractivity contribution in [2.24, 2.45) is 0 Å². The molecule has 0 aromatic carbocycles. The van der Waals surface area contributed by atoms with E-state index in [1.54, 1.807) is 6.20 Å². The van der Waals surface area contributed by atoms with Crippen LogP contribution in [0.15, 0.2) is 6.20 Å². The second-order valence-electron chi connectivity index (χ2n) is 5.27. The van der Waals surface area contributed by atoms with Gasteiger partial charge in [0.1, 0.15) is 5.82 Å². The summed E-state index contributed by atoms with van der Waals surface area (Å²) in [7, 11) is 0. The summed E-state index contributed by atoms with van der Waals surface area (Å²) in [6.45, 7) is 2.97. The van der Waals surface area contributed by atoms with Crippen LogP contribution in [0.3, 0.4) is 0 Å². The molecule has 5 heteroatoms. The third-order valence-corrected chi connectivity index (χ3v) is 4.11. The fourth-order valence-electron chi connectivity index (χ4n) is 3.18. The molecule has 0 radical (unpaired) electrons. The molecule has 18 heavy (non-hydrogen) atoms. The summed E-state index contributed by atoms with van der Waals surface area (Å²) in [4.78, 5) is 15.8. The number of aromatic nitrogens is 2. The number of aliphatic carboxylic acids is 1. The van der Waals surface area contributed by atoms with E-state index >= 15 is 0 Å². The number of rotatable bonds is 2. The van der Waals surface area contributed by atoms with Crippen molar-refractivity contribution in [1.29, 1.82) is 0 Å². The van der Waals surface area contributed by atoms with Crippen molar-refractivity contribution in [2.75, 3.05) is 13.1 Å². The maximum atomic E-state index is 11.2. The Bertz CT molecular complexity index is 449. The van der Waals surface area contributed by atoms with Gasteiger partial charge in [-0.25, -0.2) is 4.98 Å². The molecule has 0 bridgehead atoms. The average molecular weight is 249 g/mol. The first-order chi connectivity index (χ1) is 8.77. The van der Waals surface area contributed by atoms with Gasteiger partial charge in [-0.15, -0.1) is 0 Å². The molecule has 1 fully saturated rings. The summed E-state index contributed by atoms with van der Waals surface area (Å²) in [5.74, 6) is 0.448. The lowest BCUT2D eigenvalue weighted by atomic mass is 9.95. The highest BCUT2D eigenvalue weighted by Crippen LogP contribution is 2.32. The predicted octanol–water partition coefficient (Wildman–Crippen LogP) is 1.31. The van der Waals surface area contributed by atoms with Crippen LogP contribution in [0.5, 0.6) is 0 Å². The lowest BCUT2D eigenvalue weighted by Crippen LogP contribution is -2.31. The van der Waals surface area contributed by atoms with Gasteiger partial charge < -0.3 is 15.0 Å². The van der Waals surface area contributed by atoms with Gasteiger partial charge in [0.2, 0.25) is 0 Å². The summed E-state index contributed by atoms with van der Waals surface area (Å²) in [6.07, 6.45) is 5.79. The van der Waals surface area contributed by atoms with Gasteiger partial charge in [-0.1, -0.05) is 0 Å². The number of hydrogen-bond acceptors (Lipinski definition) is 3. The largest absolute Gasteiger partial charge is 0.481 e. The monoisotopic (exact) mass is 249 g/mol. The molecule has 2 aliphatic rings. The van der Waals surface area contributed by atoms with Gasteiger partial charge in [0.25, 0.3) is 0 Å². The number of fused-ring (bicyclic) bond motifs is 1. The normalized spacial score (nSPS) is 27.8. The van der Waals surface area contributed by atoms with Gasteiger partial charge in [-0.05, 0) is 32.2 Å². The van der Waals surface area contributed by atoms with E-state index in [-0.39, 0.29) is 5.92 Å². The van der Waals surface area contributed by atoms with Crippen LogP contribution < -0.4 is 5.32 Å². The van der Waals surface area contributed by atoms with Crippen LogP contribution in [0.2, 0.25) is 0 Å². The van der Waals surface area contributed by atoms with Crippen LogP contribution in [0, 0.1) is 0 Å². The smallest absolute Gasteiger partial charge is 0.312 e. The van der Waals surface area contributed by atoms with Gasteiger partial charge in [-0.2, -0.15) is 0 Å². The standard InChI is InChI=1S/C13H19N3O2/c17-13(18)10-4-2-6-16-11(10)8-15-12(16)9-3-1-5-14-7-9/h8-10,14H,1-7H2,(H,17,18). The number of carboxylic acids is 1. The highest BCUT2D eigenvalue weighted by Gasteiger charge is 2.30. The lowest BCUT2D eigenvalue weighted by molar-refractivity contribution is -0.139. The number of piperidine rings is 1. The Hall–Kier alpha value is -1.36. The average Bonchev–Trinajstić information content (AvgIpc) is 2.83. The molecule has 3 heterocycles. The summed E-state index contributed by atoms with van der Waals surface area (Å²) < 4.78 is 2.15. The van der Waals surface area contributed by atoms with E-state index in [1.807, 2.05) is 0 Å². The van der Waals surface area contributed by atoms with Crippen LogP contribution >= 0.6 is 0 Å². The molecule has 0 spiro atoms. The van der Waals surface area contributed by atoms with Gasteiger partial charge in [0.05, 0.1) is 11.6 Å². The van der Waals surface area contributed by atoms with Gasteiger partial charge in [-0.3, -0.25) is 4.79 Å². The molecule has 1 saturated heterocycles. The van der Waals surface area contributed by atoms with Crippen molar-refractivity contribution < 1.29 is 9.90 Å². The first-order valence-electron chi connectivity index (χ1n) is 6.76. The summed E-state index contributed by atoms with van der Waals surface area (Å²) in [6, 6.07) is 0. The zero-order valence-electron chi connectivity index (χ0n) is 10.4. The van der Waals surface area contributed by atoms with Gasteiger partial charge >= 0.3 is 5.97 Å². The van der Waals surface area contributed by atoms with Crippen LogP contribution in [0.1, 0.15) is 49.0 Å². The second-order valence-corrected chi connectivity index (χ2v) is 5.27. The minimum Gasteiger partial charge on any atom is -0.481 e. The quantitative estimate of drug-likeness (QED) is 0.829. The Morgan fingerprint density at radius 2 is 2.33 bits per heavy atom. The zero-order chi connectivity index (χ0) is 12.5. The highest BCUT2D eigenvalue weighted by molar-refractivity contribution is 5.75. The molecular formula is C13H19N3O2. The molecule has 0 amide bonds. The van der Waals surface area contributed by atoms with Crippen molar-refractivity contribution in [3.63, 3.8) is 0 Å². The van der Waals surface area contributed by atoms with Crippen molar-refractivity contribution in [1.82, 2.24) is 14.9 Å². The Labute approximate surface area is 106 Å². The Morgan fingerprint density at radius 1 is 1.44 bits per heavy atom. The van der Waals surface area contributed by atoms with Crippen molar-refractivity contribution in [3.05, 3.63) is 17.7 Å². The molecule has 0 aliphatic carbocycles. The Balaban J connectivity index is 1.91. The summed E-state index contributed by atoms with van der Waals surface area (Å²) in [5.41, 5.74) is 0.898. The molecular weight excluding hydrogens is 230 g/mol. The van der Waals surface area contributed by atoms with Gasteiger partial charge in [0.15, 0.2) is 0 Å². The van der Waals surface area contributed by atoms with Gasteiger partial charge in [0, 0.05) is 25.2 Å². The van der Waals surface area contributed by atoms with E-state index in [0.717, 1.165) is 50.4 Å². The molecule has 1 aromatic rings. The molecule has 2 N–H and O–H groups in total. The first kappa shape index (κ1) is 11.7. The topological polar surface area (TPSA) is 67.1 Å². The molecule has 1 aromatic heterocycles. The van der Waals surface area contributed by atoms with Crippen molar-refractivity contribution in [3.8, 4) is 0 Å². The zero-order valence-corrected chi connectivity index (χ0v) is 10.4. The molecule has 2 unspecified atom stereocenters. The van der Waals surface area contributed by atoms with Crippen LogP contribution in [-0.4, -0.2) is 33.7 Å². The summed E-state index contributed by atoms with van der Waals surface area (Å²) >= 11 is 0. The fourth-order valence-corrected chi connectivity index (χ4v) is 3.18. The van der Waals surface area contributed by atoms with Crippen molar-refractivity contribution in [2.45, 2.75) is 44.1 Å². The third kappa shape index (κ3) is 1.92. The van der Waals surface area contributed by atoms with E-state index in [0.29, 0.717) is 5.92 Å². The number of nitrogens with one attached hydrogen (secondary N) is 1. The van der Waals surface area contributed by atoms with E-state index in [1.165, 1.54) is 6.42 Å². The van der Waals surface area contributed by atoms with Crippen molar-refractivity contribution >= 4 is 5.97 Å². The molecule has 3 rings (SSSR count). The predicted molar refractivity (Wildman–Crippen MR) is 66.7 cm³/mol. The minimum absolute atomic E-state index is 0.364. The number of hydrogen-bond donors (Lipinski definition) is 2. The summed E-state index contributed by atoms with van der Waals surface area (Å²) in [5, 5.41) is 12.6. The third-order valence-electron chi connectivity index (χ3n) is 4.11. The first-order valence-corrected chi connectivity index (χ1v) is 6.76. The Morgan fingerprint density at radius 3 is 3.06 bits per heavy atom. The number of carbonyl (C=O) groups is 1. The molecule has 98 valence electrons. The molecule has 5 nitrogen and oxygen atoms in total. The molecule has 0 saturated carbocycles. The number of carboxylic acid groups (broad SMARTS) is 1. The fraction of sp³-hybridized carbons (Fsp3) is 0.692. The van der Waals surface area contributed by atoms with Crippen LogP contribution in [-0.2, 0) is 11.3 Å². The maximum Gasteiger partial charge on any atom is 0.312 e. The maximum absolute atomic E-state index is 11.2.